The molecule has 2 nitrogen and oxygen atoms in total. The highest BCUT2D eigenvalue weighted by Gasteiger charge is 2.16. The number of nitrogens with zero attached hydrogens (tertiary/aromatic N) is 1. The highest BCUT2D eigenvalue weighted by atomic mass is 79.9. The van der Waals surface area contributed by atoms with Gasteiger partial charge in [-0.05, 0) is 43.7 Å². The Balaban J connectivity index is 2.23. The number of rotatable bonds is 5. The van der Waals surface area contributed by atoms with Gasteiger partial charge in [0.2, 0.25) is 0 Å². The Morgan fingerprint density at radius 2 is 2.26 bits per heavy atom. The van der Waals surface area contributed by atoms with Crippen LogP contribution in [0.4, 0.5) is 4.39 Å². The molecule has 1 aromatic carbocycles. The van der Waals surface area contributed by atoms with E-state index in [1.54, 1.807) is 17.4 Å². The smallest absolute Gasteiger partial charge is 0.126 e. The zero-order chi connectivity index (χ0) is 13.8. The van der Waals surface area contributed by atoms with Gasteiger partial charge in [0.05, 0.1) is 5.01 Å². The SMILES string of the molecule is CCNC(Cc1cc(Br)ccc1F)c1cnc(C)s1. The second-order valence-corrected chi connectivity index (χ2v) is 6.51. The molecule has 0 fully saturated rings. The largest absolute Gasteiger partial charge is 0.309 e. The minimum atomic E-state index is -0.160. The van der Waals surface area contributed by atoms with E-state index in [1.807, 2.05) is 19.2 Å². The van der Waals surface area contributed by atoms with Crippen molar-refractivity contribution >= 4 is 27.3 Å². The zero-order valence-electron chi connectivity index (χ0n) is 10.9. The lowest BCUT2D eigenvalue weighted by atomic mass is 10.0. The first-order valence-electron chi connectivity index (χ1n) is 6.19. The van der Waals surface area contributed by atoms with Gasteiger partial charge in [0.1, 0.15) is 5.82 Å². The fourth-order valence-electron chi connectivity index (χ4n) is 1.98. The van der Waals surface area contributed by atoms with Crippen molar-refractivity contribution in [2.75, 3.05) is 6.54 Å². The van der Waals surface area contributed by atoms with Gasteiger partial charge in [-0.3, -0.25) is 0 Å². The number of aryl methyl sites for hydroxylation is 1. The summed E-state index contributed by atoms with van der Waals surface area (Å²) in [5, 5.41) is 4.43. The van der Waals surface area contributed by atoms with Crippen LogP contribution in [0, 0.1) is 12.7 Å². The average Bonchev–Trinajstić information content (AvgIpc) is 2.80. The van der Waals surface area contributed by atoms with Crippen LogP contribution in [0.1, 0.15) is 28.4 Å². The predicted molar refractivity (Wildman–Crippen MR) is 81.1 cm³/mol. The van der Waals surface area contributed by atoms with Crippen molar-refractivity contribution in [1.82, 2.24) is 10.3 Å². The van der Waals surface area contributed by atoms with E-state index in [1.165, 1.54) is 6.07 Å². The van der Waals surface area contributed by atoms with Crippen LogP contribution < -0.4 is 5.32 Å². The molecule has 0 aliphatic carbocycles. The molecule has 102 valence electrons. The number of nitrogens with one attached hydrogen (secondary N) is 1. The highest BCUT2D eigenvalue weighted by molar-refractivity contribution is 9.10. The summed E-state index contributed by atoms with van der Waals surface area (Å²) in [5.41, 5.74) is 0.714. The third-order valence-electron chi connectivity index (χ3n) is 2.86. The van der Waals surface area contributed by atoms with Crippen molar-refractivity contribution in [3.63, 3.8) is 0 Å². The van der Waals surface area contributed by atoms with Crippen LogP contribution in [0.15, 0.2) is 28.9 Å². The average molecular weight is 343 g/mol. The molecule has 0 aliphatic heterocycles. The molecule has 0 bridgehead atoms. The quantitative estimate of drug-likeness (QED) is 0.878. The van der Waals surface area contributed by atoms with Crippen LogP contribution in [0.25, 0.3) is 0 Å². The topological polar surface area (TPSA) is 24.9 Å². The standard InChI is InChI=1S/C14H16BrFN2S/c1-3-17-13(14-8-18-9(2)19-14)7-10-6-11(15)4-5-12(10)16/h4-6,8,13,17H,3,7H2,1-2H3. The summed E-state index contributed by atoms with van der Waals surface area (Å²) in [4.78, 5) is 5.43. The van der Waals surface area contributed by atoms with Gasteiger partial charge in [-0.2, -0.15) is 0 Å². The van der Waals surface area contributed by atoms with Crippen molar-refractivity contribution in [2.24, 2.45) is 0 Å². The lowest BCUT2D eigenvalue weighted by molar-refractivity contribution is 0.533. The van der Waals surface area contributed by atoms with E-state index in [9.17, 15) is 4.39 Å². The molecular formula is C14H16BrFN2S. The van der Waals surface area contributed by atoms with E-state index in [4.69, 9.17) is 0 Å². The van der Waals surface area contributed by atoms with Crippen molar-refractivity contribution in [2.45, 2.75) is 26.3 Å². The Labute approximate surface area is 125 Å². The van der Waals surface area contributed by atoms with E-state index in [0.29, 0.717) is 12.0 Å². The van der Waals surface area contributed by atoms with E-state index in [2.05, 4.69) is 33.2 Å². The maximum absolute atomic E-state index is 13.8. The van der Waals surface area contributed by atoms with Crippen LogP contribution in [0.2, 0.25) is 0 Å². The third-order valence-corrected chi connectivity index (χ3v) is 4.38. The highest BCUT2D eigenvalue weighted by Crippen LogP contribution is 2.26. The van der Waals surface area contributed by atoms with Gasteiger partial charge in [0.15, 0.2) is 0 Å². The molecule has 0 radical (unpaired) electrons. The summed E-state index contributed by atoms with van der Waals surface area (Å²) < 4.78 is 14.7. The number of halogens is 2. The summed E-state index contributed by atoms with van der Waals surface area (Å²) in [5.74, 6) is -0.160. The van der Waals surface area contributed by atoms with Gasteiger partial charge >= 0.3 is 0 Å². The molecule has 1 N–H and O–H groups in total. The number of benzene rings is 1. The van der Waals surface area contributed by atoms with E-state index < -0.39 is 0 Å². The lowest BCUT2D eigenvalue weighted by Crippen LogP contribution is -2.22. The van der Waals surface area contributed by atoms with E-state index >= 15 is 0 Å². The summed E-state index contributed by atoms with van der Waals surface area (Å²) in [6.45, 7) is 4.88. The molecular weight excluding hydrogens is 327 g/mol. The maximum atomic E-state index is 13.8. The summed E-state index contributed by atoms with van der Waals surface area (Å²) >= 11 is 5.05. The van der Waals surface area contributed by atoms with Crippen molar-refractivity contribution < 1.29 is 4.39 Å². The first kappa shape index (κ1) is 14.6. The molecule has 0 saturated carbocycles. The Morgan fingerprint density at radius 1 is 1.47 bits per heavy atom. The van der Waals surface area contributed by atoms with Gasteiger partial charge in [-0.25, -0.2) is 9.37 Å². The van der Waals surface area contributed by atoms with Gasteiger partial charge in [-0.15, -0.1) is 11.3 Å². The summed E-state index contributed by atoms with van der Waals surface area (Å²) in [7, 11) is 0. The van der Waals surface area contributed by atoms with Crippen LogP contribution in [0.5, 0.6) is 0 Å². The molecule has 1 unspecified atom stereocenters. The fraction of sp³-hybridized carbons (Fsp3) is 0.357. The van der Waals surface area contributed by atoms with Crippen LogP contribution in [0.3, 0.4) is 0 Å². The Hall–Kier alpha value is -0.780. The van der Waals surface area contributed by atoms with Crippen LogP contribution in [-0.4, -0.2) is 11.5 Å². The molecule has 1 atom stereocenters. The predicted octanol–water partition coefficient (Wildman–Crippen LogP) is 4.25. The normalized spacial score (nSPS) is 12.6. The second kappa shape index (κ2) is 6.59. The second-order valence-electron chi connectivity index (χ2n) is 4.33. The fourth-order valence-corrected chi connectivity index (χ4v) is 3.25. The Morgan fingerprint density at radius 3 is 2.89 bits per heavy atom. The first-order chi connectivity index (χ1) is 9.10. The first-order valence-corrected chi connectivity index (χ1v) is 7.80. The molecule has 0 saturated heterocycles. The molecule has 1 aromatic heterocycles. The van der Waals surface area contributed by atoms with Gasteiger partial charge < -0.3 is 5.32 Å². The maximum Gasteiger partial charge on any atom is 0.126 e. The Bertz CT molecular complexity index is 556. The van der Waals surface area contributed by atoms with E-state index in [0.717, 1.165) is 20.9 Å². The number of likely N-dealkylation sites (N-methyl/N-ethyl adjacent to an activating group) is 1. The number of aromatic nitrogens is 1. The molecule has 0 amide bonds. The molecule has 19 heavy (non-hydrogen) atoms. The number of hydrogen-bond acceptors (Lipinski definition) is 3. The third kappa shape index (κ3) is 3.84. The minimum absolute atomic E-state index is 0.111. The minimum Gasteiger partial charge on any atom is -0.309 e. The number of thiazole rings is 1. The van der Waals surface area contributed by atoms with E-state index in [-0.39, 0.29) is 11.9 Å². The molecule has 5 heteroatoms. The molecule has 2 aromatic rings. The van der Waals surface area contributed by atoms with Gasteiger partial charge in [-0.1, -0.05) is 22.9 Å². The van der Waals surface area contributed by atoms with Crippen molar-refractivity contribution in [3.8, 4) is 0 Å². The Kier molecular flexibility index (Phi) is 5.07. The summed E-state index contributed by atoms with van der Waals surface area (Å²) in [6.07, 6.45) is 2.50. The zero-order valence-corrected chi connectivity index (χ0v) is 13.3. The lowest BCUT2D eigenvalue weighted by Gasteiger charge is -2.16. The van der Waals surface area contributed by atoms with Gasteiger partial charge in [0, 0.05) is 21.6 Å². The van der Waals surface area contributed by atoms with Crippen molar-refractivity contribution in [1.29, 1.82) is 0 Å². The monoisotopic (exact) mass is 342 g/mol. The summed E-state index contributed by atoms with van der Waals surface area (Å²) in [6, 6.07) is 5.17. The van der Waals surface area contributed by atoms with Gasteiger partial charge in [0.25, 0.3) is 0 Å². The molecule has 0 spiro atoms. The van der Waals surface area contributed by atoms with Crippen LogP contribution in [-0.2, 0) is 6.42 Å². The number of hydrogen-bond donors (Lipinski definition) is 1. The molecule has 1 heterocycles. The molecule has 0 aliphatic rings. The molecule has 2 rings (SSSR count). The van der Waals surface area contributed by atoms with Crippen molar-refractivity contribution in [3.05, 3.63) is 50.1 Å². The van der Waals surface area contributed by atoms with Crippen LogP contribution >= 0.6 is 27.3 Å².